The summed E-state index contributed by atoms with van der Waals surface area (Å²) in [4.78, 5) is 33.5. The van der Waals surface area contributed by atoms with E-state index in [0.29, 0.717) is 13.0 Å². The standard InChI is InChI=1S/C14H22N2O.C4H6O6.H2O/c1-5-16(13(17)9-12(4)15)14-10(2)7-6-8-11(14)3;5-1(3(7)8)2(6)4(9)10;/h6-8,12H,5,9,15H2,1-4H3;1-2,5-6H,(H,7,8)(H,9,10);1H2. The second-order valence-electron chi connectivity index (χ2n) is 6.13. The molecule has 1 amide bonds. The number of aliphatic carboxylic acids is 2. The molecule has 0 saturated carbocycles. The van der Waals surface area contributed by atoms with Gasteiger partial charge in [-0.05, 0) is 38.8 Å². The third-order valence-corrected chi connectivity index (χ3v) is 3.63. The number of anilines is 1. The zero-order valence-corrected chi connectivity index (χ0v) is 16.4. The number of carbonyl (C=O) groups excluding carboxylic acids is 1. The average Bonchev–Trinajstić information content (AvgIpc) is 2.56. The average molecular weight is 402 g/mol. The Morgan fingerprint density at radius 3 is 1.71 bits per heavy atom. The van der Waals surface area contributed by atoms with Gasteiger partial charge in [0.2, 0.25) is 5.91 Å². The van der Waals surface area contributed by atoms with E-state index in [-0.39, 0.29) is 17.4 Å². The van der Waals surface area contributed by atoms with Crippen molar-refractivity contribution in [3.63, 3.8) is 0 Å². The van der Waals surface area contributed by atoms with Crippen LogP contribution >= 0.6 is 0 Å². The molecule has 160 valence electrons. The zero-order chi connectivity index (χ0) is 21.3. The molecule has 1 rings (SSSR count). The quantitative estimate of drug-likeness (QED) is 0.400. The molecule has 0 aromatic heterocycles. The molecule has 0 heterocycles. The summed E-state index contributed by atoms with van der Waals surface area (Å²) in [5.41, 5.74) is 8.98. The van der Waals surface area contributed by atoms with Crippen molar-refractivity contribution < 1.29 is 40.3 Å². The Labute approximate surface area is 163 Å². The first kappa shape index (κ1) is 27.7. The summed E-state index contributed by atoms with van der Waals surface area (Å²) in [7, 11) is 0. The summed E-state index contributed by atoms with van der Waals surface area (Å²) in [6.45, 7) is 8.59. The first-order valence-corrected chi connectivity index (χ1v) is 8.37. The summed E-state index contributed by atoms with van der Waals surface area (Å²) in [5.74, 6) is -3.44. The molecule has 10 nitrogen and oxygen atoms in total. The van der Waals surface area contributed by atoms with Crippen LogP contribution in [0.3, 0.4) is 0 Å². The van der Waals surface area contributed by atoms with Crippen LogP contribution in [0.5, 0.6) is 0 Å². The van der Waals surface area contributed by atoms with Gasteiger partial charge in [0, 0.05) is 24.7 Å². The molecule has 1 aromatic carbocycles. The third kappa shape index (κ3) is 8.44. The molecule has 1 aromatic rings. The number of rotatable bonds is 7. The highest BCUT2D eigenvalue weighted by Gasteiger charge is 2.29. The monoisotopic (exact) mass is 402 g/mol. The predicted molar refractivity (Wildman–Crippen MR) is 103 cm³/mol. The fourth-order valence-corrected chi connectivity index (χ4v) is 2.35. The fraction of sp³-hybridized carbons (Fsp3) is 0.500. The van der Waals surface area contributed by atoms with Crippen LogP contribution in [0.25, 0.3) is 0 Å². The van der Waals surface area contributed by atoms with Gasteiger partial charge in [0.25, 0.3) is 0 Å². The summed E-state index contributed by atoms with van der Waals surface area (Å²) >= 11 is 0. The Bertz CT molecular complexity index is 625. The SMILES string of the molecule is CCN(C(=O)CC(C)N)c1c(C)cccc1C.O.O=C(O)C(O)C(O)C(=O)O. The first-order valence-electron chi connectivity index (χ1n) is 8.37. The van der Waals surface area contributed by atoms with E-state index < -0.39 is 24.1 Å². The molecule has 0 fully saturated rings. The molecule has 3 atom stereocenters. The van der Waals surface area contributed by atoms with Gasteiger partial charge in [0.15, 0.2) is 12.2 Å². The third-order valence-electron chi connectivity index (χ3n) is 3.63. The minimum Gasteiger partial charge on any atom is -0.479 e. The number of hydrogen-bond donors (Lipinski definition) is 5. The van der Waals surface area contributed by atoms with E-state index in [0.717, 1.165) is 16.8 Å². The van der Waals surface area contributed by atoms with Crippen LogP contribution in [0.1, 0.15) is 31.4 Å². The van der Waals surface area contributed by atoms with Gasteiger partial charge in [-0.15, -0.1) is 0 Å². The maximum atomic E-state index is 12.1. The van der Waals surface area contributed by atoms with E-state index >= 15 is 0 Å². The molecular formula is C18H30N2O8. The molecule has 0 bridgehead atoms. The topological polar surface area (TPSA) is 193 Å². The van der Waals surface area contributed by atoms with Gasteiger partial charge in [-0.3, -0.25) is 4.79 Å². The van der Waals surface area contributed by atoms with Gasteiger partial charge >= 0.3 is 11.9 Å². The number of aliphatic hydroxyl groups is 2. The molecule has 0 aliphatic heterocycles. The van der Waals surface area contributed by atoms with Crippen molar-refractivity contribution in [1.82, 2.24) is 0 Å². The Morgan fingerprint density at radius 1 is 1.04 bits per heavy atom. The molecular weight excluding hydrogens is 372 g/mol. The fourth-order valence-electron chi connectivity index (χ4n) is 2.35. The highest BCUT2D eigenvalue weighted by atomic mass is 16.4. The van der Waals surface area contributed by atoms with Crippen LogP contribution in [0.4, 0.5) is 5.69 Å². The summed E-state index contributed by atoms with van der Waals surface area (Å²) in [6, 6.07) is 5.98. The zero-order valence-electron chi connectivity index (χ0n) is 16.4. The number of carbonyl (C=O) groups is 3. The number of amides is 1. The number of carboxylic acids is 2. The maximum absolute atomic E-state index is 12.1. The molecule has 0 spiro atoms. The van der Waals surface area contributed by atoms with E-state index in [1.807, 2.05) is 50.8 Å². The molecule has 0 aliphatic carbocycles. The van der Waals surface area contributed by atoms with Crippen LogP contribution < -0.4 is 10.6 Å². The first-order chi connectivity index (χ1) is 12.4. The van der Waals surface area contributed by atoms with Gasteiger partial charge in [0.1, 0.15) is 0 Å². The van der Waals surface area contributed by atoms with Crippen LogP contribution in [-0.4, -0.2) is 68.5 Å². The Hall–Kier alpha value is -2.53. The van der Waals surface area contributed by atoms with Crippen molar-refractivity contribution in [1.29, 1.82) is 0 Å². The smallest absolute Gasteiger partial charge is 0.335 e. The number of hydrogen-bond acceptors (Lipinski definition) is 6. The van der Waals surface area contributed by atoms with E-state index in [2.05, 4.69) is 0 Å². The van der Waals surface area contributed by atoms with E-state index in [1.54, 1.807) is 0 Å². The number of para-hydroxylation sites is 1. The lowest BCUT2D eigenvalue weighted by Gasteiger charge is -2.25. The number of nitrogens with two attached hydrogens (primary N) is 1. The number of carboxylic acid groups (broad SMARTS) is 2. The summed E-state index contributed by atoms with van der Waals surface area (Å²) in [5, 5.41) is 32.5. The highest BCUT2D eigenvalue weighted by Crippen LogP contribution is 2.25. The van der Waals surface area contributed by atoms with Crippen molar-refractivity contribution in [3.8, 4) is 0 Å². The molecule has 0 aliphatic rings. The Balaban J connectivity index is 0. The minimum absolute atomic E-state index is 0. The van der Waals surface area contributed by atoms with Crippen molar-refractivity contribution in [2.45, 2.75) is 52.4 Å². The van der Waals surface area contributed by atoms with Crippen LogP contribution in [0.2, 0.25) is 0 Å². The number of aliphatic hydroxyl groups excluding tert-OH is 2. The van der Waals surface area contributed by atoms with Gasteiger partial charge < -0.3 is 36.5 Å². The molecule has 10 heteroatoms. The van der Waals surface area contributed by atoms with E-state index in [1.165, 1.54) is 0 Å². The molecule has 28 heavy (non-hydrogen) atoms. The second-order valence-corrected chi connectivity index (χ2v) is 6.13. The number of aryl methyl sites for hydroxylation is 2. The molecule has 0 radical (unpaired) electrons. The molecule has 3 unspecified atom stereocenters. The largest absolute Gasteiger partial charge is 0.479 e. The van der Waals surface area contributed by atoms with Crippen molar-refractivity contribution in [2.75, 3.05) is 11.4 Å². The molecule has 0 saturated heterocycles. The van der Waals surface area contributed by atoms with Gasteiger partial charge in [-0.1, -0.05) is 18.2 Å². The van der Waals surface area contributed by atoms with E-state index in [4.69, 9.17) is 26.2 Å². The normalized spacial score (nSPS) is 13.1. The van der Waals surface area contributed by atoms with Crippen LogP contribution in [-0.2, 0) is 14.4 Å². The molecule has 8 N–H and O–H groups in total. The highest BCUT2D eigenvalue weighted by molar-refractivity contribution is 5.95. The lowest BCUT2D eigenvalue weighted by molar-refractivity contribution is -0.165. The van der Waals surface area contributed by atoms with Crippen molar-refractivity contribution in [2.24, 2.45) is 5.73 Å². The Kier molecular flexibility index (Phi) is 12.6. The maximum Gasteiger partial charge on any atom is 0.335 e. The lowest BCUT2D eigenvalue weighted by atomic mass is 10.1. The predicted octanol–water partition coefficient (Wildman–Crippen LogP) is -0.554. The van der Waals surface area contributed by atoms with Gasteiger partial charge in [-0.2, -0.15) is 0 Å². The van der Waals surface area contributed by atoms with Crippen molar-refractivity contribution in [3.05, 3.63) is 29.3 Å². The lowest BCUT2D eigenvalue weighted by Crippen LogP contribution is -2.39. The van der Waals surface area contributed by atoms with Gasteiger partial charge in [0.05, 0.1) is 0 Å². The number of nitrogens with zero attached hydrogens (tertiary/aromatic N) is 1. The Morgan fingerprint density at radius 2 is 1.43 bits per heavy atom. The van der Waals surface area contributed by atoms with Crippen LogP contribution in [0, 0.1) is 13.8 Å². The van der Waals surface area contributed by atoms with Crippen molar-refractivity contribution >= 4 is 23.5 Å². The van der Waals surface area contributed by atoms with Crippen LogP contribution in [0.15, 0.2) is 18.2 Å². The minimum atomic E-state index is -2.27. The van der Waals surface area contributed by atoms with Gasteiger partial charge in [-0.25, -0.2) is 9.59 Å². The van der Waals surface area contributed by atoms with E-state index in [9.17, 15) is 14.4 Å². The summed E-state index contributed by atoms with van der Waals surface area (Å²) in [6.07, 6.45) is -4.14. The number of benzene rings is 1. The second kappa shape index (κ2) is 12.8. The summed E-state index contributed by atoms with van der Waals surface area (Å²) < 4.78 is 0.